The van der Waals surface area contributed by atoms with E-state index in [4.69, 9.17) is 21.4 Å². The van der Waals surface area contributed by atoms with Crippen molar-refractivity contribution in [2.24, 2.45) is 11.8 Å². The normalized spacial score (nSPS) is 28.1. The maximum atomic E-state index is 9.04. The van der Waals surface area contributed by atoms with Crippen LogP contribution < -0.4 is 4.74 Å². The van der Waals surface area contributed by atoms with Crippen LogP contribution in [-0.2, 0) is 6.61 Å². The minimum atomic E-state index is 0.0114. The Morgan fingerprint density at radius 1 is 1.22 bits per heavy atom. The molecule has 2 unspecified atom stereocenters. The van der Waals surface area contributed by atoms with Crippen molar-refractivity contribution >= 4 is 11.6 Å². The van der Waals surface area contributed by atoms with Gasteiger partial charge in [0, 0.05) is 0 Å². The van der Waals surface area contributed by atoms with E-state index in [1.165, 1.54) is 6.42 Å². The number of aliphatic hydroxyl groups is 1. The monoisotopic (exact) mass is 268 g/mol. The average Bonchev–Trinajstić information content (AvgIpc) is 2.30. The van der Waals surface area contributed by atoms with Gasteiger partial charge in [0.1, 0.15) is 5.75 Å². The van der Waals surface area contributed by atoms with E-state index in [1.54, 1.807) is 6.07 Å². The van der Waals surface area contributed by atoms with Gasteiger partial charge < -0.3 is 9.84 Å². The second-order valence-corrected chi connectivity index (χ2v) is 5.99. The fourth-order valence-electron chi connectivity index (χ4n) is 2.89. The molecule has 0 radical (unpaired) electrons. The molecular formula is C15H21ClO2. The van der Waals surface area contributed by atoms with Crippen LogP contribution in [0.15, 0.2) is 18.2 Å². The van der Waals surface area contributed by atoms with Gasteiger partial charge in [-0.2, -0.15) is 0 Å². The zero-order valence-corrected chi connectivity index (χ0v) is 11.8. The Labute approximate surface area is 114 Å². The van der Waals surface area contributed by atoms with Crippen LogP contribution in [0.25, 0.3) is 0 Å². The first-order valence-electron chi connectivity index (χ1n) is 6.64. The molecule has 2 nitrogen and oxygen atoms in total. The van der Waals surface area contributed by atoms with Gasteiger partial charge in [0.05, 0.1) is 17.7 Å². The van der Waals surface area contributed by atoms with Crippen LogP contribution >= 0.6 is 11.6 Å². The Morgan fingerprint density at radius 3 is 2.44 bits per heavy atom. The zero-order chi connectivity index (χ0) is 13.1. The third-order valence-electron chi connectivity index (χ3n) is 3.61. The summed E-state index contributed by atoms with van der Waals surface area (Å²) in [6.07, 6.45) is 3.75. The molecule has 100 valence electrons. The maximum absolute atomic E-state index is 9.04. The fraction of sp³-hybridized carbons (Fsp3) is 0.600. The van der Waals surface area contributed by atoms with E-state index in [2.05, 4.69) is 13.8 Å². The first-order valence-corrected chi connectivity index (χ1v) is 7.02. The number of benzene rings is 1. The number of rotatable bonds is 3. The molecule has 0 heterocycles. The molecule has 1 N–H and O–H groups in total. The summed E-state index contributed by atoms with van der Waals surface area (Å²) < 4.78 is 6.01. The predicted octanol–water partition coefficient (Wildman–Crippen LogP) is 4.04. The molecule has 1 aliphatic carbocycles. The molecule has 2 atom stereocenters. The molecule has 1 aromatic carbocycles. The average molecular weight is 269 g/mol. The van der Waals surface area contributed by atoms with Crippen molar-refractivity contribution in [1.82, 2.24) is 0 Å². The van der Waals surface area contributed by atoms with E-state index in [0.29, 0.717) is 16.9 Å². The molecule has 1 fully saturated rings. The fourth-order valence-corrected chi connectivity index (χ4v) is 3.13. The molecule has 0 aromatic heterocycles. The quantitative estimate of drug-likeness (QED) is 0.897. The molecule has 1 aromatic rings. The summed E-state index contributed by atoms with van der Waals surface area (Å²) in [5, 5.41) is 9.63. The Bertz CT molecular complexity index is 395. The Balaban J connectivity index is 2.04. The summed E-state index contributed by atoms with van der Waals surface area (Å²) in [6, 6.07) is 5.49. The van der Waals surface area contributed by atoms with E-state index in [-0.39, 0.29) is 12.7 Å². The third kappa shape index (κ3) is 3.39. The summed E-state index contributed by atoms with van der Waals surface area (Å²) in [5.74, 6) is 2.17. The molecular weight excluding hydrogens is 248 g/mol. The molecule has 0 spiro atoms. The molecule has 2 rings (SSSR count). The summed E-state index contributed by atoms with van der Waals surface area (Å²) in [6.45, 7) is 4.57. The van der Waals surface area contributed by atoms with Gasteiger partial charge in [-0.25, -0.2) is 0 Å². The molecule has 1 aliphatic rings. The van der Waals surface area contributed by atoms with E-state index in [0.717, 1.165) is 24.2 Å². The number of halogens is 1. The van der Waals surface area contributed by atoms with Crippen LogP contribution in [-0.4, -0.2) is 11.2 Å². The number of ether oxygens (including phenoxy) is 1. The van der Waals surface area contributed by atoms with Gasteiger partial charge in [-0.15, -0.1) is 0 Å². The van der Waals surface area contributed by atoms with Gasteiger partial charge in [0.25, 0.3) is 0 Å². The van der Waals surface area contributed by atoms with Gasteiger partial charge in [-0.1, -0.05) is 31.5 Å². The molecule has 1 saturated carbocycles. The minimum Gasteiger partial charge on any atom is -0.489 e. The standard InChI is InChI=1S/C15H21ClO2/c1-10-5-11(2)7-13(6-10)18-15-4-3-12(9-17)8-14(15)16/h3-4,8,10-11,13,17H,5-7,9H2,1-2H3. The highest BCUT2D eigenvalue weighted by Crippen LogP contribution is 2.33. The maximum Gasteiger partial charge on any atom is 0.138 e. The largest absolute Gasteiger partial charge is 0.489 e. The first kappa shape index (κ1) is 13.7. The molecule has 0 aliphatic heterocycles. The lowest BCUT2D eigenvalue weighted by atomic mass is 9.82. The lowest BCUT2D eigenvalue weighted by Gasteiger charge is -2.31. The molecule has 0 saturated heterocycles. The number of hydrogen-bond acceptors (Lipinski definition) is 2. The lowest BCUT2D eigenvalue weighted by molar-refractivity contribution is 0.101. The van der Waals surface area contributed by atoms with Crippen LogP contribution in [0, 0.1) is 11.8 Å². The molecule has 0 amide bonds. The van der Waals surface area contributed by atoms with Crippen LogP contribution in [0.4, 0.5) is 0 Å². The zero-order valence-electron chi connectivity index (χ0n) is 11.0. The van der Waals surface area contributed by atoms with Crippen LogP contribution in [0.1, 0.15) is 38.7 Å². The molecule has 0 bridgehead atoms. The van der Waals surface area contributed by atoms with E-state index < -0.39 is 0 Å². The smallest absolute Gasteiger partial charge is 0.138 e. The van der Waals surface area contributed by atoms with E-state index in [9.17, 15) is 0 Å². The summed E-state index contributed by atoms with van der Waals surface area (Å²) in [7, 11) is 0. The van der Waals surface area contributed by atoms with Gasteiger partial charge >= 0.3 is 0 Å². The summed E-state index contributed by atoms with van der Waals surface area (Å²) in [5.41, 5.74) is 0.817. The Kier molecular flexibility index (Phi) is 4.52. The van der Waals surface area contributed by atoms with Crippen molar-refractivity contribution < 1.29 is 9.84 Å². The molecule has 3 heteroatoms. The highest BCUT2D eigenvalue weighted by atomic mass is 35.5. The highest BCUT2D eigenvalue weighted by molar-refractivity contribution is 6.32. The Hall–Kier alpha value is -0.730. The topological polar surface area (TPSA) is 29.5 Å². The second-order valence-electron chi connectivity index (χ2n) is 5.58. The van der Waals surface area contributed by atoms with Gasteiger partial charge in [-0.05, 0) is 48.8 Å². The third-order valence-corrected chi connectivity index (χ3v) is 3.90. The SMILES string of the molecule is CC1CC(C)CC(Oc2ccc(CO)cc2Cl)C1. The van der Waals surface area contributed by atoms with Crippen molar-refractivity contribution in [3.8, 4) is 5.75 Å². The van der Waals surface area contributed by atoms with E-state index >= 15 is 0 Å². The van der Waals surface area contributed by atoms with Crippen LogP contribution in [0.2, 0.25) is 5.02 Å². The van der Waals surface area contributed by atoms with Crippen molar-refractivity contribution in [3.63, 3.8) is 0 Å². The highest BCUT2D eigenvalue weighted by Gasteiger charge is 2.25. The molecule has 18 heavy (non-hydrogen) atoms. The van der Waals surface area contributed by atoms with Crippen LogP contribution in [0.5, 0.6) is 5.75 Å². The summed E-state index contributed by atoms with van der Waals surface area (Å²) in [4.78, 5) is 0. The van der Waals surface area contributed by atoms with E-state index in [1.807, 2.05) is 12.1 Å². The summed E-state index contributed by atoms with van der Waals surface area (Å²) >= 11 is 6.16. The Morgan fingerprint density at radius 2 is 1.89 bits per heavy atom. The van der Waals surface area contributed by atoms with Crippen molar-refractivity contribution in [3.05, 3.63) is 28.8 Å². The predicted molar refractivity (Wildman–Crippen MR) is 74.0 cm³/mol. The van der Waals surface area contributed by atoms with Gasteiger partial charge in [0.15, 0.2) is 0 Å². The van der Waals surface area contributed by atoms with Crippen molar-refractivity contribution in [2.75, 3.05) is 0 Å². The lowest BCUT2D eigenvalue weighted by Crippen LogP contribution is -2.28. The van der Waals surface area contributed by atoms with Gasteiger partial charge in [-0.3, -0.25) is 0 Å². The number of aliphatic hydroxyl groups excluding tert-OH is 1. The first-order chi connectivity index (χ1) is 8.58. The van der Waals surface area contributed by atoms with Crippen molar-refractivity contribution in [2.45, 2.75) is 45.8 Å². The minimum absolute atomic E-state index is 0.0114. The van der Waals surface area contributed by atoms with Crippen molar-refractivity contribution in [1.29, 1.82) is 0 Å². The number of hydrogen-bond donors (Lipinski definition) is 1. The van der Waals surface area contributed by atoms with Gasteiger partial charge in [0.2, 0.25) is 0 Å². The van der Waals surface area contributed by atoms with Crippen LogP contribution in [0.3, 0.4) is 0 Å². The second kappa shape index (κ2) is 5.94.